The number of fused-ring (bicyclic) bond motifs is 2. The molecule has 2 unspecified atom stereocenters. The van der Waals surface area contributed by atoms with Gasteiger partial charge >= 0.3 is 12.1 Å². The highest BCUT2D eigenvalue weighted by atomic mass is 16.5. The molecule has 2 saturated heterocycles. The van der Waals surface area contributed by atoms with Gasteiger partial charge < -0.3 is 35.0 Å². The zero-order valence-corrected chi connectivity index (χ0v) is 23.1. The number of nitrogens with one attached hydrogen (secondary N) is 1. The number of piperazine rings is 1. The van der Waals surface area contributed by atoms with Gasteiger partial charge in [-0.2, -0.15) is 15.2 Å². The first-order valence-corrected chi connectivity index (χ1v) is 14.2. The number of anilines is 2. The second kappa shape index (κ2) is 10.8. The second-order valence-electron chi connectivity index (χ2n) is 11.6. The first-order valence-electron chi connectivity index (χ1n) is 14.2. The minimum atomic E-state index is -1.19. The SMILES string of the molecule is CN1CCC[C@H]1COc1nc2c(c(N3CCN(C(=O)O)[C@@H](CC#N)C3)n1)CCC1(Cc3ccccc3NC1=O)C2O. The molecule has 2 fully saturated rings. The number of aromatic nitrogens is 2. The van der Waals surface area contributed by atoms with Crippen LogP contribution >= 0.6 is 0 Å². The zero-order valence-electron chi connectivity index (χ0n) is 23.1. The molecule has 1 spiro atoms. The van der Waals surface area contributed by atoms with Gasteiger partial charge in [0.05, 0.1) is 29.6 Å². The Hall–Kier alpha value is -3.95. The molecule has 4 aliphatic rings. The molecule has 216 valence electrons. The topological polar surface area (TPSA) is 155 Å². The lowest BCUT2D eigenvalue weighted by molar-refractivity contribution is -0.135. The van der Waals surface area contributed by atoms with Crippen LogP contribution in [0.5, 0.6) is 6.01 Å². The Morgan fingerprint density at radius 2 is 2.07 bits per heavy atom. The van der Waals surface area contributed by atoms with E-state index in [4.69, 9.17) is 14.7 Å². The summed E-state index contributed by atoms with van der Waals surface area (Å²) >= 11 is 0. The van der Waals surface area contributed by atoms with Crippen LogP contribution in [-0.2, 0) is 17.6 Å². The van der Waals surface area contributed by atoms with Crippen LogP contribution in [0.2, 0.25) is 0 Å². The largest absolute Gasteiger partial charge is 0.465 e. The molecule has 1 aromatic carbocycles. The number of nitriles is 1. The maximum atomic E-state index is 13.5. The van der Waals surface area contributed by atoms with Crippen molar-refractivity contribution in [3.8, 4) is 12.1 Å². The monoisotopic (exact) mass is 561 g/mol. The Labute approximate surface area is 238 Å². The molecule has 1 aromatic heterocycles. The molecule has 12 heteroatoms. The summed E-state index contributed by atoms with van der Waals surface area (Å²) in [6.45, 7) is 2.26. The van der Waals surface area contributed by atoms with Crippen LogP contribution in [-0.4, -0.2) is 93.9 Å². The number of aliphatic hydroxyl groups is 1. The first-order chi connectivity index (χ1) is 19.8. The number of aliphatic hydroxyl groups excluding tert-OH is 1. The quantitative estimate of drug-likeness (QED) is 0.495. The molecule has 2 amide bonds. The zero-order chi connectivity index (χ0) is 28.7. The molecule has 12 nitrogen and oxygen atoms in total. The minimum absolute atomic E-state index is 0.0543. The average molecular weight is 562 g/mol. The number of likely N-dealkylation sites (tertiary alicyclic amines) is 1. The second-order valence-corrected chi connectivity index (χ2v) is 11.6. The van der Waals surface area contributed by atoms with Crippen LogP contribution in [0.4, 0.5) is 16.3 Å². The molecule has 4 heterocycles. The van der Waals surface area contributed by atoms with Crippen LogP contribution in [0.3, 0.4) is 0 Å². The minimum Gasteiger partial charge on any atom is -0.465 e. The van der Waals surface area contributed by atoms with Gasteiger partial charge in [-0.25, -0.2) is 4.79 Å². The van der Waals surface area contributed by atoms with E-state index in [-0.39, 0.29) is 37.5 Å². The van der Waals surface area contributed by atoms with Gasteiger partial charge in [0.2, 0.25) is 5.91 Å². The number of ether oxygens (including phenoxy) is 1. The van der Waals surface area contributed by atoms with E-state index < -0.39 is 23.7 Å². The summed E-state index contributed by atoms with van der Waals surface area (Å²) < 4.78 is 6.14. The number of amides is 2. The third-order valence-electron chi connectivity index (χ3n) is 9.26. The summed E-state index contributed by atoms with van der Waals surface area (Å²) in [5.41, 5.74) is 1.76. The van der Waals surface area contributed by atoms with Gasteiger partial charge in [-0.05, 0) is 57.3 Å². The molecular weight excluding hydrogens is 526 g/mol. The molecule has 0 radical (unpaired) electrons. The maximum Gasteiger partial charge on any atom is 0.407 e. The highest BCUT2D eigenvalue weighted by molar-refractivity contribution is 5.99. The predicted molar refractivity (Wildman–Crippen MR) is 149 cm³/mol. The fraction of sp³-hybridized carbons (Fsp3) is 0.552. The number of carbonyl (C=O) groups is 2. The number of para-hydroxylation sites is 1. The van der Waals surface area contributed by atoms with Gasteiger partial charge in [-0.15, -0.1) is 0 Å². The van der Waals surface area contributed by atoms with Crippen molar-refractivity contribution in [2.45, 2.75) is 56.7 Å². The Kier molecular flexibility index (Phi) is 7.17. The smallest absolute Gasteiger partial charge is 0.407 e. The molecular formula is C29H35N7O5. The predicted octanol–water partition coefficient (Wildman–Crippen LogP) is 2.19. The fourth-order valence-corrected chi connectivity index (χ4v) is 6.83. The van der Waals surface area contributed by atoms with Gasteiger partial charge in [0, 0.05) is 36.9 Å². The van der Waals surface area contributed by atoms with Crippen molar-refractivity contribution < 1.29 is 24.5 Å². The van der Waals surface area contributed by atoms with E-state index in [1.165, 1.54) is 4.90 Å². The number of hydrogen-bond donors (Lipinski definition) is 3. The van der Waals surface area contributed by atoms with E-state index in [1.807, 2.05) is 29.2 Å². The van der Waals surface area contributed by atoms with Crippen molar-refractivity contribution in [1.29, 1.82) is 5.26 Å². The van der Waals surface area contributed by atoms with Gasteiger partial charge in [-0.1, -0.05) is 18.2 Å². The fourth-order valence-electron chi connectivity index (χ4n) is 6.83. The molecule has 1 aliphatic carbocycles. The van der Waals surface area contributed by atoms with Gasteiger partial charge in [0.1, 0.15) is 18.5 Å². The third kappa shape index (κ3) is 4.83. The number of likely N-dealkylation sites (N-methyl/N-ethyl adjacent to an activating group) is 1. The summed E-state index contributed by atoms with van der Waals surface area (Å²) in [5, 5.41) is 33.9. The maximum absolute atomic E-state index is 13.5. The number of hydrogen-bond acceptors (Lipinski definition) is 9. The first kappa shape index (κ1) is 27.2. The summed E-state index contributed by atoms with van der Waals surface area (Å²) in [7, 11) is 2.06. The lowest BCUT2D eigenvalue weighted by Crippen LogP contribution is -2.55. The molecule has 3 N–H and O–H groups in total. The van der Waals surface area contributed by atoms with Crippen LogP contribution in [0.25, 0.3) is 0 Å². The van der Waals surface area contributed by atoms with E-state index in [9.17, 15) is 25.1 Å². The Bertz CT molecular complexity index is 1400. The molecule has 2 aromatic rings. The lowest BCUT2D eigenvalue weighted by atomic mass is 9.65. The summed E-state index contributed by atoms with van der Waals surface area (Å²) in [6.07, 6.45) is 1.16. The number of rotatable bonds is 5. The Morgan fingerprint density at radius 1 is 1.24 bits per heavy atom. The highest BCUT2D eigenvalue weighted by Gasteiger charge is 2.52. The van der Waals surface area contributed by atoms with Crippen molar-refractivity contribution in [2.75, 3.05) is 50.1 Å². The van der Waals surface area contributed by atoms with Crippen LogP contribution in [0.1, 0.15) is 48.6 Å². The molecule has 3 aliphatic heterocycles. The Morgan fingerprint density at radius 3 is 2.83 bits per heavy atom. The van der Waals surface area contributed by atoms with Crippen molar-refractivity contribution in [1.82, 2.24) is 19.8 Å². The third-order valence-corrected chi connectivity index (χ3v) is 9.26. The van der Waals surface area contributed by atoms with Gasteiger partial charge in [0.15, 0.2) is 0 Å². The normalized spacial score (nSPS) is 27.6. The molecule has 41 heavy (non-hydrogen) atoms. The summed E-state index contributed by atoms with van der Waals surface area (Å²) in [5.74, 6) is 0.344. The standard InChI is InChI=1S/C29H35N7O5/c1-34-12-4-6-20(34)17-41-27-32-23-21(25(33-27)35-13-14-36(28(39)40)19(16-35)9-11-30)8-10-29(24(23)37)15-18-5-2-3-7-22(18)31-26(29)38/h2-3,5,7,19-20,24,37H,4,6,8-10,12-17H2,1H3,(H,31,38)(H,39,40)/t19-,20-,24?,29?/m0/s1. The average Bonchev–Trinajstić information content (AvgIpc) is 3.38. The van der Waals surface area contributed by atoms with Crippen LogP contribution < -0.4 is 15.0 Å². The van der Waals surface area contributed by atoms with E-state index in [0.717, 1.165) is 36.2 Å². The number of carboxylic acid groups (broad SMARTS) is 1. The Balaban J connectivity index is 1.37. The number of benzene rings is 1. The van der Waals surface area contributed by atoms with Crippen LogP contribution in [0, 0.1) is 16.7 Å². The van der Waals surface area contributed by atoms with E-state index >= 15 is 0 Å². The van der Waals surface area contributed by atoms with Crippen molar-refractivity contribution in [2.24, 2.45) is 5.41 Å². The van der Waals surface area contributed by atoms with E-state index in [2.05, 4.69) is 23.3 Å². The van der Waals surface area contributed by atoms with Gasteiger partial charge in [0.25, 0.3) is 0 Å². The van der Waals surface area contributed by atoms with Crippen molar-refractivity contribution in [3.63, 3.8) is 0 Å². The molecule has 0 saturated carbocycles. The summed E-state index contributed by atoms with van der Waals surface area (Å²) in [4.78, 5) is 40.4. The molecule has 0 bridgehead atoms. The molecule has 6 rings (SSSR count). The number of nitrogens with zero attached hydrogens (tertiary/aromatic N) is 6. The van der Waals surface area contributed by atoms with E-state index in [1.54, 1.807) is 0 Å². The van der Waals surface area contributed by atoms with Crippen molar-refractivity contribution in [3.05, 3.63) is 41.1 Å². The lowest BCUT2D eigenvalue weighted by Gasteiger charge is -2.45. The molecule has 4 atom stereocenters. The van der Waals surface area contributed by atoms with Crippen LogP contribution in [0.15, 0.2) is 24.3 Å². The van der Waals surface area contributed by atoms with Gasteiger partial charge in [-0.3, -0.25) is 4.79 Å². The number of carbonyl (C=O) groups excluding carboxylic acids is 1. The summed E-state index contributed by atoms with van der Waals surface area (Å²) in [6, 6.07) is 9.57. The highest BCUT2D eigenvalue weighted by Crippen LogP contribution is 2.51. The van der Waals surface area contributed by atoms with E-state index in [0.29, 0.717) is 43.9 Å². The van der Waals surface area contributed by atoms with Crippen molar-refractivity contribution >= 4 is 23.5 Å².